The van der Waals surface area contributed by atoms with Crippen LogP contribution in [0.4, 0.5) is 0 Å². The molecule has 0 saturated heterocycles. The number of hydrogen-bond donors (Lipinski definition) is 9. The van der Waals surface area contributed by atoms with Crippen LogP contribution in [0.25, 0.3) is 0 Å². The van der Waals surface area contributed by atoms with Crippen molar-refractivity contribution in [3.63, 3.8) is 0 Å². The maximum Gasteiger partial charge on any atom is 0.466 e. The van der Waals surface area contributed by atoms with Gasteiger partial charge in [0.1, 0.15) is 0 Å². The van der Waals surface area contributed by atoms with Crippen molar-refractivity contribution in [3.8, 4) is 0 Å². The Morgan fingerprint density at radius 1 is 0.381 bits per heavy atom. The molecule has 1 aromatic rings. The summed E-state index contributed by atoms with van der Waals surface area (Å²) in [6.07, 6.45) is 0. The number of benzene rings is 1. The molecule has 1 aromatic carbocycles. The van der Waals surface area contributed by atoms with Gasteiger partial charge in [0.15, 0.2) is 0 Å². The molecular weight excluding hydrogens is 357 g/mol. The molecule has 0 spiro atoms. The van der Waals surface area contributed by atoms with Crippen molar-refractivity contribution < 1.29 is 57.7 Å². The first kappa shape index (κ1) is 25.5. The summed E-state index contributed by atoms with van der Waals surface area (Å²) in [5.41, 5.74) is 0. The Labute approximate surface area is 118 Å². The van der Waals surface area contributed by atoms with E-state index in [1.165, 1.54) is 0 Å². The molecule has 21 heavy (non-hydrogen) atoms. The van der Waals surface area contributed by atoms with E-state index < -0.39 is 23.5 Å². The van der Waals surface area contributed by atoms with E-state index in [-0.39, 0.29) is 0 Å². The van der Waals surface area contributed by atoms with Gasteiger partial charge >= 0.3 is 23.5 Å². The van der Waals surface area contributed by atoms with Gasteiger partial charge in [-0.2, -0.15) is 0 Å². The van der Waals surface area contributed by atoms with Crippen LogP contribution in [0.2, 0.25) is 0 Å². The highest BCUT2D eigenvalue weighted by molar-refractivity contribution is 7.45. The summed E-state index contributed by atoms with van der Waals surface area (Å²) in [7, 11) is -13.9. The van der Waals surface area contributed by atoms with Gasteiger partial charge in [0, 0.05) is 0 Å². The zero-order valence-corrected chi connectivity index (χ0v) is 12.7. The Balaban J connectivity index is -0.000000207. The van der Waals surface area contributed by atoms with Crippen LogP contribution in [0.5, 0.6) is 0 Å². The minimum atomic E-state index is -4.64. The molecule has 9 N–H and O–H groups in total. The molecule has 0 amide bonds. The smallest absolute Gasteiger partial charge is 0.303 e. The second-order valence-corrected chi connectivity index (χ2v) is 5.77. The Morgan fingerprint density at radius 3 is 0.476 bits per heavy atom. The molecule has 0 aliphatic heterocycles. The standard InChI is InChI=1S/C6H6.3H3O4P/c1-2-4-6-5-3-1;3*1-5(2,3)4/h1-6H;3*(H3,1,2,3,4). The van der Waals surface area contributed by atoms with Gasteiger partial charge in [0.2, 0.25) is 0 Å². The van der Waals surface area contributed by atoms with E-state index in [4.69, 9.17) is 57.7 Å². The zero-order valence-electron chi connectivity index (χ0n) is 10.1. The molecule has 0 fully saturated rings. The largest absolute Gasteiger partial charge is 0.466 e. The molecule has 0 bridgehead atoms. The summed E-state index contributed by atoms with van der Waals surface area (Å²) in [4.78, 5) is 64.7. The van der Waals surface area contributed by atoms with E-state index in [0.717, 1.165) is 0 Å². The lowest BCUT2D eigenvalue weighted by Gasteiger charge is -1.82. The molecule has 0 aromatic heterocycles. The van der Waals surface area contributed by atoms with Crippen molar-refractivity contribution >= 4 is 23.5 Å². The van der Waals surface area contributed by atoms with Gasteiger partial charge in [-0.15, -0.1) is 0 Å². The van der Waals surface area contributed by atoms with Crippen LogP contribution in [-0.4, -0.2) is 44.0 Å². The highest BCUT2D eigenvalue weighted by Gasteiger charge is 2.01. The molecule has 0 saturated carbocycles. The molecule has 15 heteroatoms. The van der Waals surface area contributed by atoms with E-state index >= 15 is 0 Å². The summed E-state index contributed by atoms with van der Waals surface area (Å²) in [5, 5.41) is 0. The highest BCUT2D eigenvalue weighted by Crippen LogP contribution is 2.26. The average Bonchev–Trinajstić information content (AvgIpc) is 2.12. The summed E-state index contributed by atoms with van der Waals surface area (Å²) in [5.74, 6) is 0. The van der Waals surface area contributed by atoms with Gasteiger partial charge in [-0.1, -0.05) is 36.4 Å². The topological polar surface area (TPSA) is 233 Å². The zero-order chi connectivity index (χ0) is 17.7. The summed E-state index contributed by atoms with van der Waals surface area (Å²) in [6.45, 7) is 0. The summed E-state index contributed by atoms with van der Waals surface area (Å²) in [6, 6.07) is 12.0. The Kier molecular flexibility index (Phi) is 14.7. The first-order valence-electron chi connectivity index (χ1n) is 4.35. The van der Waals surface area contributed by atoms with Gasteiger partial charge in [0.25, 0.3) is 0 Å². The van der Waals surface area contributed by atoms with Crippen molar-refractivity contribution in [2.75, 3.05) is 0 Å². The lowest BCUT2D eigenvalue weighted by molar-refractivity contribution is 0.272. The van der Waals surface area contributed by atoms with Crippen LogP contribution in [0.3, 0.4) is 0 Å². The van der Waals surface area contributed by atoms with Crippen LogP contribution in [0.1, 0.15) is 0 Å². The van der Waals surface area contributed by atoms with Crippen molar-refractivity contribution in [1.82, 2.24) is 0 Å². The van der Waals surface area contributed by atoms with E-state index in [0.29, 0.717) is 0 Å². The Hall–Kier alpha value is -0.450. The minimum Gasteiger partial charge on any atom is -0.303 e. The van der Waals surface area contributed by atoms with Crippen LogP contribution in [0, 0.1) is 0 Å². The predicted octanol–water partition coefficient (Wildman–Crippen LogP) is -1.10. The molecule has 12 nitrogen and oxygen atoms in total. The molecular formula is C6H15O12P3. The maximum absolute atomic E-state index is 8.88. The lowest BCUT2D eigenvalue weighted by atomic mass is 10.4. The van der Waals surface area contributed by atoms with Crippen molar-refractivity contribution in [2.24, 2.45) is 0 Å². The molecule has 1 rings (SSSR count). The third-order valence-corrected chi connectivity index (χ3v) is 0.667. The number of rotatable bonds is 0. The first-order chi connectivity index (χ1) is 9.00. The van der Waals surface area contributed by atoms with Gasteiger partial charge in [-0.05, 0) is 0 Å². The van der Waals surface area contributed by atoms with E-state index in [9.17, 15) is 0 Å². The highest BCUT2D eigenvalue weighted by atomic mass is 31.2. The van der Waals surface area contributed by atoms with Crippen LogP contribution in [-0.2, 0) is 13.7 Å². The fraction of sp³-hybridized carbons (Fsp3) is 0. The molecule has 0 unspecified atom stereocenters. The minimum absolute atomic E-state index is 2.00. The fourth-order valence-corrected chi connectivity index (χ4v) is 0.385. The SMILES string of the molecule is O=P(O)(O)O.O=P(O)(O)O.O=P(O)(O)O.c1ccccc1. The van der Waals surface area contributed by atoms with Gasteiger partial charge in [-0.3, -0.25) is 0 Å². The summed E-state index contributed by atoms with van der Waals surface area (Å²) >= 11 is 0. The monoisotopic (exact) mass is 372 g/mol. The second kappa shape index (κ2) is 12.1. The summed E-state index contributed by atoms with van der Waals surface area (Å²) < 4.78 is 26.6. The number of phosphoric acid groups is 3. The predicted molar refractivity (Wildman–Crippen MR) is 69.2 cm³/mol. The van der Waals surface area contributed by atoms with Crippen molar-refractivity contribution in [1.29, 1.82) is 0 Å². The Morgan fingerprint density at radius 2 is 0.429 bits per heavy atom. The third kappa shape index (κ3) is 195. The number of hydrogen-bond acceptors (Lipinski definition) is 3. The molecule has 0 heterocycles. The van der Waals surface area contributed by atoms with Crippen molar-refractivity contribution in [3.05, 3.63) is 36.4 Å². The van der Waals surface area contributed by atoms with E-state index in [1.807, 2.05) is 36.4 Å². The van der Waals surface area contributed by atoms with Gasteiger partial charge in [-0.25, -0.2) is 13.7 Å². The van der Waals surface area contributed by atoms with Gasteiger partial charge < -0.3 is 44.0 Å². The molecule has 0 aliphatic carbocycles. The first-order valence-corrected chi connectivity index (χ1v) is 9.04. The quantitative estimate of drug-likeness (QED) is 0.247. The van der Waals surface area contributed by atoms with E-state index in [1.54, 1.807) is 0 Å². The van der Waals surface area contributed by atoms with Crippen LogP contribution < -0.4 is 0 Å². The second-order valence-electron chi connectivity index (χ2n) is 2.69. The maximum atomic E-state index is 8.88. The lowest BCUT2D eigenvalue weighted by Crippen LogP contribution is -1.66. The van der Waals surface area contributed by atoms with Gasteiger partial charge in [0.05, 0.1) is 0 Å². The van der Waals surface area contributed by atoms with E-state index in [2.05, 4.69) is 0 Å². The molecule has 0 aliphatic rings. The van der Waals surface area contributed by atoms with Crippen LogP contribution >= 0.6 is 23.5 Å². The molecule has 126 valence electrons. The average molecular weight is 372 g/mol. The molecule has 0 radical (unpaired) electrons. The third-order valence-electron chi connectivity index (χ3n) is 0.667. The fourth-order valence-electron chi connectivity index (χ4n) is 0.385. The van der Waals surface area contributed by atoms with Crippen molar-refractivity contribution in [2.45, 2.75) is 0 Å². The van der Waals surface area contributed by atoms with Crippen LogP contribution in [0.15, 0.2) is 36.4 Å². The normalized spacial score (nSPS) is 10.7. The molecule has 0 atom stereocenters. The Bertz CT molecular complexity index is 372.